The van der Waals surface area contributed by atoms with E-state index < -0.39 is 0 Å². The van der Waals surface area contributed by atoms with E-state index in [-0.39, 0.29) is 17.9 Å². The third-order valence-corrected chi connectivity index (χ3v) is 5.09. The minimum Gasteiger partial charge on any atom is -0.322 e. The van der Waals surface area contributed by atoms with Crippen molar-refractivity contribution in [2.75, 3.05) is 24.6 Å². The van der Waals surface area contributed by atoms with Gasteiger partial charge in [0.1, 0.15) is 12.0 Å². The Kier molecular flexibility index (Phi) is 4.27. The second-order valence-corrected chi connectivity index (χ2v) is 6.67. The highest BCUT2D eigenvalue weighted by atomic mass is 32.2. The van der Waals surface area contributed by atoms with Crippen LogP contribution in [0, 0.1) is 11.7 Å². The van der Waals surface area contributed by atoms with Gasteiger partial charge in [-0.2, -0.15) is 11.8 Å². The van der Waals surface area contributed by atoms with Crippen molar-refractivity contribution in [3.8, 4) is 0 Å². The maximum Gasteiger partial charge on any atom is 0.238 e. The molecule has 0 aliphatic carbocycles. The Morgan fingerprint density at radius 3 is 2.90 bits per heavy atom. The number of hydrogen-bond acceptors (Lipinski definition) is 3. The van der Waals surface area contributed by atoms with Crippen LogP contribution in [0.15, 0.2) is 24.3 Å². The summed E-state index contributed by atoms with van der Waals surface area (Å²) in [6.45, 7) is 1.14. The summed E-state index contributed by atoms with van der Waals surface area (Å²) < 4.78 is 13.4. The summed E-state index contributed by atoms with van der Waals surface area (Å²) in [6, 6.07) is 6.52. The molecule has 1 unspecified atom stereocenters. The SMILES string of the molecule is O=C1CNC(c2cccc(F)c2)N1CC1CCSCC1. The minimum atomic E-state index is -0.252. The summed E-state index contributed by atoms with van der Waals surface area (Å²) in [5, 5.41) is 3.19. The molecule has 20 heavy (non-hydrogen) atoms. The number of benzene rings is 1. The summed E-state index contributed by atoms with van der Waals surface area (Å²) in [5.41, 5.74) is 0.834. The molecule has 1 aromatic rings. The van der Waals surface area contributed by atoms with Crippen LogP contribution in [0.3, 0.4) is 0 Å². The fourth-order valence-electron chi connectivity index (χ4n) is 2.93. The Morgan fingerprint density at radius 2 is 2.15 bits per heavy atom. The summed E-state index contributed by atoms with van der Waals surface area (Å²) in [5.74, 6) is 2.82. The number of carbonyl (C=O) groups is 1. The molecule has 1 N–H and O–H groups in total. The highest BCUT2D eigenvalue weighted by Crippen LogP contribution is 2.29. The predicted molar refractivity (Wildman–Crippen MR) is 78.9 cm³/mol. The molecule has 108 valence electrons. The van der Waals surface area contributed by atoms with Crippen molar-refractivity contribution in [3.63, 3.8) is 0 Å². The Bertz CT molecular complexity index is 491. The molecule has 1 atom stereocenters. The molecule has 2 fully saturated rings. The van der Waals surface area contributed by atoms with Gasteiger partial charge in [-0.15, -0.1) is 0 Å². The van der Waals surface area contributed by atoms with Gasteiger partial charge in [-0.25, -0.2) is 4.39 Å². The number of rotatable bonds is 3. The van der Waals surface area contributed by atoms with Crippen molar-refractivity contribution in [3.05, 3.63) is 35.6 Å². The molecule has 1 aromatic carbocycles. The largest absolute Gasteiger partial charge is 0.322 e. The summed E-state index contributed by atoms with van der Waals surface area (Å²) in [4.78, 5) is 14.0. The first kappa shape index (κ1) is 13.9. The Hall–Kier alpha value is -1.07. The highest BCUT2D eigenvalue weighted by molar-refractivity contribution is 7.99. The molecule has 0 aromatic heterocycles. The van der Waals surface area contributed by atoms with E-state index in [0.717, 1.165) is 12.1 Å². The second-order valence-electron chi connectivity index (χ2n) is 5.44. The fourth-order valence-corrected chi connectivity index (χ4v) is 4.13. The topological polar surface area (TPSA) is 32.3 Å². The standard InChI is InChI=1S/C15H19FN2OS/c16-13-3-1-2-12(8-13)15-17-9-14(19)18(15)10-11-4-6-20-7-5-11/h1-3,8,11,15,17H,4-7,9-10H2. The Balaban J connectivity index is 1.74. The number of carbonyl (C=O) groups excluding carboxylic acids is 1. The van der Waals surface area contributed by atoms with Crippen LogP contribution >= 0.6 is 11.8 Å². The number of hydrogen-bond donors (Lipinski definition) is 1. The zero-order chi connectivity index (χ0) is 13.9. The van der Waals surface area contributed by atoms with Gasteiger partial charge >= 0.3 is 0 Å². The van der Waals surface area contributed by atoms with Crippen molar-refractivity contribution in [1.29, 1.82) is 0 Å². The molecule has 3 rings (SSSR count). The van der Waals surface area contributed by atoms with Gasteiger partial charge in [0.15, 0.2) is 0 Å². The molecule has 0 radical (unpaired) electrons. The minimum absolute atomic E-state index is 0.123. The number of nitrogens with one attached hydrogen (secondary N) is 1. The fraction of sp³-hybridized carbons (Fsp3) is 0.533. The van der Waals surface area contributed by atoms with Gasteiger partial charge in [-0.05, 0) is 48.0 Å². The molecular weight excluding hydrogens is 275 g/mol. The quantitative estimate of drug-likeness (QED) is 0.929. The molecule has 2 aliphatic rings. The van der Waals surface area contributed by atoms with Crippen molar-refractivity contribution < 1.29 is 9.18 Å². The number of halogens is 1. The lowest BCUT2D eigenvalue weighted by Gasteiger charge is -2.30. The molecule has 2 heterocycles. The van der Waals surface area contributed by atoms with Gasteiger partial charge in [-0.3, -0.25) is 10.1 Å². The summed E-state index contributed by atoms with van der Waals surface area (Å²) in [7, 11) is 0. The summed E-state index contributed by atoms with van der Waals surface area (Å²) >= 11 is 1.99. The first-order valence-corrected chi connectivity index (χ1v) is 8.25. The van der Waals surface area contributed by atoms with Gasteiger partial charge in [0.2, 0.25) is 5.91 Å². The van der Waals surface area contributed by atoms with Crippen LogP contribution in [0.2, 0.25) is 0 Å². The van der Waals surface area contributed by atoms with E-state index in [9.17, 15) is 9.18 Å². The van der Waals surface area contributed by atoms with Crippen molar-refractivity contribution in [1.82, 2.24) is 10.2 Å². The van der Waals surface area contributed by atoms with Crippen LogP contribution < -0.4 is 5.32 Å². The zero-order valence-electron chi connectivity index (χ0n) is 11.3. The highest BCUT2D eigenvalue weighted by Gasteiger charge is 2.33. The lowest BCUT2D eigenvalue weighted by molar-refractivity contribution is -0.128. The van der Waals surface area contributed by atoms with E-state index in [1.54, 1.807) is 6.07 Å². The average molecular weight is 294 g/mol. The first-order chi connectivity index (χ1) is 9.74. The number of amides is 1. The van der Waals surface area contributed by atoms with Gasteiger partial charge in [-0.1, -0.05) is 12.1 Å². The van der Waals surface area contributed by atoms with E-state index in [2.05, 4.69) is 5.32 Å². The monoisotopic (exact) mass is 294 g/mol. The van der Waals surface area contributed by atoms with Crippen molar-refractivity contribution >= 4 is 17.7 Å². The van der Waals surface area contributed by atoms with Crippen LogP contribution in [0.1, 0.15) is 24.6 Å². The smallest absolute Gasteiger partial charge is 0.238 e. The van der Waals surface area contributed by atoms with E-state index in [1.165, 1.54) is 36.5 Å². The van der Waals surface area contributed by atoms with Gasteiger partial charge in [0, 0.05) is 6.54 Å². The van der Waals surface area contributed by atoms with Gasteiger partial charge in [0.25, 0.3) is 0 Å². The van der Waals surface area contributed by atoms with Crippen LogP contribution in [0.25, 0.3) is 0 Å². The summed E-state index contributed by atoms with van der Waals surface area (Å²) in [6.07, 6.45) is 2.17. The zero-order valence-corrected chi connectivity index (χ0v) is 12.2. The third kappa shape index (κ3) is 2.99. The average Bonchev–Trinajstić information content (AvgIpc) is 2.82. The first-order valence-electron chi connectivity index (χ1n) is 7.10. The third-order valence-electron chi connectivity index (χ3n) is 4.04. The van der Waals surface area contributed by atoms with E-state index >= 15 is 0 Å². The lowest BCUT2D eigenvalue weighted by Crippen LogP contribution is -2.35. The molecule has 0 spiro atoms. The van der Waals surface area contributed by atoms with E-state index in [4.69, 9.17) is 0 Å². The van der Waals surface area contributed by atoms with Gasteiger partial charge < -0.3 is 4.90 Å². The lowest BCUT2D eigenvalue weighted by atomic mass is 10.0. The molecule has 0 bridgehead atoms. The molecule has 1 amide bonds. The van der Waals surface area contributed by atoms with E-state index in [1.807, 2.05) is 22.7 Å². The molecular formula is C15H19FN2OS. The van der Waals surface area contributed by atoms with Crippen LogP contribution in [-0.2, 0) is 4.79 Å². The van der Waals surface area contributed by atoms with Crippen molar-refractivity contribution in [2.24, 2.45) is 5.92 Å². The van der Waals surface area contributed by atoms with E-state index in [0.29, 0.717) is 12.5 Å². The van der Waals surface area contributed by atoms with Crippen LogP contribution in [-0.4, -0.2) is 35.4 Å². The predicted octanol–water partition coefficient (Wildman–Crippen LogP) is 2.40. The normalized spacial score (nSPS) is 24.4. The maximum atomic E-state index is 13.4. The van der Waals surface area contributed by atoms with Gasteiger partial charge in [0.05, 0.1) is 6.54 Å². The van der Waals surface area contributed by atoms with Crippen LogP contribution in [0.5, 0.6) is 0 Å². The Labute approximate surface area is 122 Å². The molecule has 3 nitrogen and oxygen atoms in total. The Morgan fingerprint density at radius 1 is 1.35 bits per heavy atom. The molecule has 0 saturated carbocycles. The molecule has 2 aliphatic heterocycles. The molecule has 2 saturated heterocycles. The maximum absolute atomic E-state index is 13.4. The van der Waals surface area contributed by atoms with Crippen LogP contribution in [0.4, 0.5) is 4.39 Å². The number of nitrogens with zero attached hydrogens (tertiary/aromatic N) is 1. The molecule has 5 heteroatoms. The second kappa shape index (κ2) is 6.14. The van der Waals surface area contributed by atoms with Crippen molar-refractivity contribution in [2.45, 2.75) is 19.0 Å². The number of thioether (sulfide) groups is 1.